The normalized spacial score (nSPS) is 10.6. The van der Waals surface area contributed by atoms with Gasteiger partial charge in [-0.25, -0.2) is 4.98 Å². The summed E-state index contributed by atoms with van der Waals surface area (Å²) >= 11 is 1.52. The van der Waals surface area contributed by atoms with Crippen molar-refractivity contribution in [3.8, 4) is 5.75 Å². The van der Waals surface area contributed by atoms with Crippen molar-refractivity contribution < 1.29 is 4.74 Å². The van der Waals surface area contributed by atoms with Gasteiger partial charge < -0.3 is 9.72 Å². The maximum atomic E-state index is 11.4. The molecule has 0 aliphatic carbocycles. The lowest BCUT2D eigenvalue weighted by Crippen LogP contribution is -2.08. The molecule has 0 saturated carbocycles. The Morgan fingerprint density at radius 2 is 2.05 bits per heavy atom. The fourth-order valence-corrected chi connectivity index (χ4v) is 2.67. The van der Waals surface area contributed by atoms with Gasteiger partial charge in [-0.1, -0.05) is 37.2 Å². The molecule has 2 rings (SSSR count). The van der Waals surface area contributed by atoms with Crippen LogP contribution in [0.2, 0.25) is 0 Å². The third kappa shape index (κ3) is 5.27. The summed E-state index contributed by atoms with van der Waals surface area (Å²) in [6.45, 7) is 4.73. The zero-order chi connectivity index (χ0) is 15.1. The quantitative estimate of drug-likeness (QED) is 0.483. The van der Waals surface area contributed by atoms with Gasteiger partial charge in [0.25, 0.3) is 5.56 Å². The molecule has 2 aromatic rings. The Morgan fingerprint density at radius 3 is 2.71 bits per heavy atom. The number of hydrogen-bond acceptors (Lipinski definition) is 4. The number of thioether (sulfide) groups is 1. The van der Waals surface area contributed by atoms with Crippen LogP contribution in [0.5, 0.6) is 5.75 Å². The molecular formula is C16H20N2O2S. The van der Waals surface area contributed by atoms with Crippen molar-refractivity contribution in [1.82, 2.24) is 9.97 Å². The molecule has 0 atom stereocenters. The third-order valence-corrected chi connectivity index (χ3v) is 3.86. The van der Waals surface area contributed by atoms with E-state index in [1.165, 1.54) is 23.4 Å². The summed E-state index contributed by atoms with van der Waals surface area (Å²) < 4.78 is 5.63. The molecule has 0 fully saturated rings. The smallest absolute Gasteiger partial charge is 0.251 e. The molecule has 21 heavy (non-hydrogen) atoms. The molecule has 1 heterocycles. The summed E-state index contributed by atoms with van der Waals surface area (Å²) in [5.41, 5.74) is 1.80. The first-order valence-corrected chi connectivity index (χ1v) is 8.08. The molecule has 1 N–H and O–H groups in total. The van der Waals surface area contributed by atoms with Gasteiger partial charge in [-0.2, -0.15) is 0 Å². The summed E-state index contributed by atoms with van der Waals surface area (Å²) in [7, 11) is 0. The highest BCUT2D eigenvalue weighted by Crippen LogP contribution is 2.20. The van der Waals surface area contributed by atoms with Crippen molar-refractivity contribution in [3.63, 3.8) is 0 Å². The second kappa shape index (κ2) is 7.88. The molecule has 0 unspecified atom stereocenters. The minimum absolute atomic E-state index is 0.107. The van der Waals surface area contributed by atoms with E-state index in [1.54, 1.807) is 0 Å². The van der Waals surface area contributed by atoms with Crippen LogP contribution < -0.4 is 10.3 Å². The summed E-state index contributed by atoms with van der Waals surface area (Å²) in [4.78, 5) is 18.4. The number of unbranched alkanes of at least 4 members (excludes halogenated alkanes) is 1. The standard InChI is InChI=1S/C16H20N2O2S/c1-3-4-9-20-14-7-5-13(6-8-14)11-21-16-17-12(2)10-15(19)18-16/h5-8,10H,3-4,9,11H2,1-2H3,(H,17,18,19). The van der Waals surface area contributed by atoms with Crippen molar-refractivity contribution in [1.29, 1.82) is 0 Å². The minimum Gasteiger partial charge on any atom is -0.494 e. The average molecular weight is 304 g/mol. The largest absolute Gasteiger partial charge is 0.494 e. The molecule has 0 aliphatic rings. The Morgan fingerprint density at radius 1 is 1.29 bits per heavy atom. The van der Waals surface area contributed by atoms with Gasteiger partial charge in [0.15, 0.2) is 5.16 Å². The lowest BCUT2D eigenvalue weighted by molar-refractivity contribution is 0.309. The molecule has 112 valence electrons. The maximum Gasteiger partial charge on any atom is 0.251 e. The highest BCUT2D eigenvalue weighted by Gasteiger charge is 2.01. The van der Waals surface area contributed by atoms with Crippen molar-refractivity contribution in [3.05, 3.63) is 51.9 Å². The van der Waals surface area contributed by atoms with Crippen molar-refractivity contribution >= 4 is 11.8 Å². The van der Waals surface area contributed by atoms with Crippen LogP contribution in [0.25, 0.3) is 0 Å². The number of aromatic nitrogens is 2. The zero-order valence-corrected chi connectivity index (χ0v) is 13.2. The van der Waals surface area contributed by atoms with Gasteiger partial charge in [0.1, 0.15) is 5.75 Å². The summed E-state index contributed by atoms with van der Waals surface area (Å²) in [5, 5.41) is 0.656. The van der Waals surface area contributed by atoms with E-state index >= 15 is 0 Å². The van der Waals surface area contributed by atoms with E-state index in [-0.39, 0.29) is 5.56 Å². The first kappa shape index (κ1) is 15.6. The Hall–Kier alpha value is -1.75. The zero-order valence-electron chi connectivity index (χ0n) is 12.4. The molecule has 4 nitrogen and oxygen atoms in total. The minimum atomic E-state index is -0.107. The Labute approximate surface area is 129 Å². The van der Waals surface area contributed by atoms with E-state index in [4.69, 9.17) is 4.74 Å². The number of nitrogens with one attached hydrogen (secondary N) is 1. The van der Waals surface area contributed by atoms with Gasteiger partial charge in [0, 0.05) is 17.5 Å². The summed E-state index contributed by atoms with van der Waals surface area (Å²) in [5.74, 6) is 1.67. The van der Waals surface area contributed by atoms with Crippen LogP contribution in [-0.2, 0) is 5.75 Å². The molecular weight excluding hydrogens is 284 g/mol. The van der Waals surface area contributed by atoms with E-state index in [0.29, 0.717) is 5.16 Å². The number of ether oxygens (including phenoxy) is 1. The number of aryl methyl sites for hydroxylation is 1. The molecule has 0 amide bonds. The van der Waals surface area contributed by atoms with Crippen molar-refractivity contribution in [2.45, 2.75) is 37.6 Å². The molecule has 1 aromatic carbocycles. The van der Waals surface area contributed by atoms with E-state index in [9.17, 15) is 4.79 Å². The third-order valence-electron chi connectivity index (χ3n) is 2.91. The average Bonchev–Trinajstić information content (AvgIpc) is 2.46. The van der Waals surface area contributed by atoms with Gasteiger partial charge in [0.2, 0.25) is 0 Å². The van der Waals surface area contributed by atoms with Gasteiger partial charge in [0.05, 0.1) is 6.61 Å². The molecule has 5 heteroatoms. The van der Waals surface area contributed by atoms with E-state index in [0.717, 1.165) is 36.6 Å². The fourth-order valence-electron chi connectivity index (χ4n) is 1.79. The fraction of sp³-hybridized carbons (Fsp3) is 0.375. The number of H-pyrrole nitrogens is 1. The Kier molecular flexibility index (Phi) is 5.87. The van der Waals surface area contributed by atoms with Crippen LogP contribution in [0.1, 0.15) is 31.0 Å². The lowest BCUT2D eigenvalue weighted by atomic mass is 10.2. The van der Waals surface area contributed by atoms with Crippen LogP contribution >= 0.6 is 11.8 Å². The van der Waals surface area contributed by atoms with Crippen LogP contribution in [0.15, 0.2) is 40.3 Å². The molecule has 0 radical (unpaired) electrons. The summed E-state index contributed by atoms with van der Waals surface area (Å²) in [6.07, 6.45) is 2.21. The van der Waals surface area contributed by atoms with Gasteiger partial charge in [-0.05, 0) is 31.0 Å². The summed E-state index contributed by atoms with van der Waals surface area (Å²) in [6, 6.07) is 9.55. The maximum absolute atomic E-state index is 11.4. The van der Waals surface area contributed by atoms with Crippen molar-refractivity contribution in [2.75, 3.05) is 6.61 Å². The first-order chi connectivity index (χ1) is 10.2. The van der Waals surface area contributed by atoms with Crippen LogP contribution in [0.4, 0.5) is 0 Å². The number of rotatable bonds is 7. The predicted octanol–water partition coefficient (Wildman–Crippen LogP) is 3.55. The van der Waals surface area contributed by atoms with Gasteiger partial charge in [-0.15, -0.1) is 0 Å². The number of nitrogens with zero attached hydrogens (tertiary/aromatic N) is 1. The monoisotopic (exact) mass is 304 g/mol. The van der Waals surface area contributed by atoms with Crippen LogP contribution in [0, 0.1) is 6.92 Å². The Balaban J connectivity index is 1.89. The molecule has 0 bridgehead atoms. The van der Waals surface area contributed by atoms with Crippen LogP contribution in [-0.4, -0.2) is 16.6 Å². The topological polar surface area (TPSA) is 55.0 Å². The molecule has 0 saturated heterocycles. The highest BCUT2D eigenvalue weighted by atomic mass is 32.2. The predicted molar refractivity (Wildman–Crippen MR) is 86.0 cm³/mol. The van der Waals surface area contributed by atoms with E-state index in [2.05, 4.69) is 16.9 Å². The second-order valence-electron chi connectivity index (χ2n) is 4.83. The Bertz CT molecular complexity index is 623. The van der Waals surface area contributed by atoms with E-state index < -0.39 is 0 Å². The number of aromatic amines is 1. The first-order valence-electron chi connectivity index (χ1n) is 7.10. The lowest BCUT2D eigenvalue weighted by Gasteiger charge is -2.06. The van der Waals surface area contributed by atoms with Gasteiger partial charge >= 0.3 is 0 Å². The number of hydrogen-bond donors (Lipinski definition) is 1. The number of benzene rings is 1. The van der Waals surface area contributed by atoms with Gasteiger partial charge in [-0.3, -0.25) is 4.79 Å². The van der Waals surface area contributed by atoms with E-state index in [1.807, 2.05) is 31.2 Å². The van der Waals surface area contributed by atoms with Crippen molar-refractivity contribution in [2.24, 2.45) is 0 Å². The second-order valence-corrected chi connectivity index (χ2v) is 5.79. The highest BCUT2D eigenvalue weighted by molar-refractivity contribution is 7.98. The van der Waals surface area contributed by atoms with Crippen LogP contribution in [0.3, 0.4) is 0 Å². The molecule has 0 aliphatic heterocycles. The molecule has 1 aromatic heterocycles. The SMILES string of the molecule is CCCCOc1ccc(CSc2nc(C)cc(=O)[nH]2)cc1. The molecule has 0 spiro atoms.